The van der Waals surface area contributed by atoms with Gasteiger partial charge in [-0.25, -0.2) is 9.18 Å². The molecule has 0 heterocycles. The summed E-state index contributed by atoms with van der Waals surface area (Å²) in [6.07, 6.45) is 0. The van der Waals surface area contributed by atoms with Gasteiger partial charge in [0.05, 0.1) is 13.0 Å². The lowest BCUT2D eigenvalue weighted by atomic mass is 10.2. The fraction of sp³-hybridized carbons (Fsp3) is 0.385. The van der Waals surface area contributed by atoms with Crippen LogP contribution < -0.4 is 10.6 Å². The Morgan fingerprint density at radius 2 is 2.11 bits per heavy atom. The van der Waals surface area contributed by atoms with Crippen LogP contribution in [0, 0.1) is 18.7 Å². The van der Waals surface area contributed by atoms with E-state index in [-0.39, 0.29) is 12.4 Å². The lowest BCUT2D eigenvalue weighted by molar-refractivity contribution is -0.144. The van der Waals surface area contributed by atoms with Crippen LogP contribution in [0.3, 0.4) is 0 Å². The molecular formula is C13H17FN2O3. The zero-order valence-corrected chi connectivity index (χ0v) is 11.1. The standard InChI is InChI=1S/C13H17FN2O3/c1-8-6-10(4-5-11(8)14)16-13(18)15-7-9(2)12(17)19-3/h4-6,9H,7H2,1-3H3,(H2,15,16,18)/t9-/m1/s1. The second kappa shape index (κ2) is 6.72. The zero-order chi connectivity index (χ0) is 14.4. The van der Waals surface area contributed by atoms with Gasteiger partial charge in [0.25, 0.3) is 0 Å². The van der Waals surface area contributed by atoms with Crippen molar-refractivity contribution in [3.63, 3.8) is 0 Å². The molecule has 6 heteroatoms. The van der Waals surface area contributed by atoms with Crippen LogP contribution in [-0.2, 0) is 9.53 Å². The first-order chi connectivity index (χ1) is 8.93. The Hall–Kier alpha value is -2.11. The molecule has 0 unspecified atom stereocenters. The van der Waals surface area contributed by atoms with Gasteiger partial charge >= 0.3 is 12.0 Å². The lowest BCUT2D eigenvalue weighted by Crippen LogP contribution is -2.35. The van der Waals surface area contributed by atoms with Crippen LogP contribution in [0.15, 0.2) is 18.2 Å². The Balaban J connectivity index is 2.47. The van der Waals surface area contributed by atoms with Crippen LogP contribution >= 0.6 is 0 Å². The van der Waals surface area contributed by atoms with Crippen molar-refractivity contribution in [3.8, 4) is 0 Å². The van der Waals surface area contributed by atoms with E-state index in [1.54, 1.807) is 13.8 Å². The first-order valence-electron chi connectivity index (χ1n) is 5.83. The number of nitrogens with one attached hydrogen (secondary N) is 2. The molecule has 2 amide bonds. The van der Waals surface area contributed by atoms with Crippen molar-refractivity contribution in [2.75, 3.05) is 19.0 Å². The zero-order valence-electron chi connectivity index (χ0n) is 11.1. The molecule has 0 saturated carbocycles. The number of hydrogen-bond donors (Lipinski definition) is 2. The number of anilines is 1. The second-order valence-electron chi connectivity index (χ2n) is 4.22. The molecule has 0 aliphatic rings. The van der Waals surface area contributed by atoms with Crippen molar-refractivity contribution >= 4 is 17.7 Å². The van der Waals surface area contributed by atoms with Crippen LogP contribution in [0.1, 0.15) is 12.5 Å². The summed E-state index contributed by atoms with van der Waals surface area (Å²) in [7, 11) is 1.29. The third kappa shape index (κ3) is 4.57. The van der Waals surface area contributed by atoms with Crippen molar-refractivity contribution in [1.29, 1.82) is 0 Å². The largest absolute Gasteiger partial charge is 0.469 e. The van der Waals surface area contributed by atoms with Gasteiger partial charge in [-0.15, -0.1) is 0 Å². The number of urea groups is 1. The Morgan fingerprint density at radius 3 is 2.68 bits per heavy atom. The molecule has 1 aromatic rings. The second-order valence-corrected chi connectivity index (χ2v) is 4.22. The molecule has 0 fully saturated rings. The van der Waals surface area contributed by atoms with Gasteiger partial charge in [0.2, 0.25) is 0 Å². The van der Waals surface area contributed by atoms with Gasteiger partial charge in [-0.2, -0.15) is 0 Å². The number of rotatable bonds is 4. The smallest absolute Gasteiger partial charge is 0.319 e. The van der Waals surface area contributed by atoms with E-state index in [9.17, 15) is 14.0 Å². The highest BCUT2D eigenvalue weighted by molar-refractivity contribution is 5.89. The van der Waals surface area contributed by atoms with Gasteiger partial charge in [-0.3, -0.25) is 4.79 Å². The molecule has 1 atom stereocenters. The van der Waals surface area contributed by atoms with E-state index in [1.807, 2.05) is 0 Å². The van der Waals surface area contributed by atoms with E-state index in [0.29, 0.717) is 11.3 Å². The molecule has 1 aromatic carbocycles. The van der Waals surface area contributed by atoms with Crippen molar-refractivity contribution in [1.82, 2.24) is 5.32 Å². The van der Waals surface area contributed by atoms with Crippen molar-refractivity contribution in [3.05, 3.63) is 29.6 Å². The number of carbonyl (C=O) groups is 2. The highest BCUT2D eigenvalue weighted by Gasteiger charge is 2.14. The minimum Gasteiger partial charge on any atom is -0.469 e. The SMILES string of the molecule is COC(=O)[C@H](C)CNC(=O)Nc1ccc(F)c(C)c1. The van der Waals surface area contributed by atoms with Gasteiger partial charge in [-0.1, -0.05) is 6.92 Å². The average Bonchev–Trinajstić information content (AvgIpc) is 2.39. The number of methoxy groups -OCH3 is 1. The highest BCUT2D eigenvalue weighted by Crippen LogP contribution is 2.13. The van der Waals surface area contributed by atoms with Crippen molar-refractivity contribution < 1.29 is 18.7 Å². The van der Waals surface area contributed by atoms with E-state index >= 15 is 0 Å². The Morgan fingerprint density at radius 1 is 1.42 bits per heavy atom. The number of carbonyl (C=O) groups excluding carboxylic acids is 2. The van der Waals surface area contributed by atoms with Crippen molar-refractivity contribution in [2.45, 2.75) is 13.8 Å². The van der Waals surface area contributed by atoms with Gasteiger partial charge in [0, 0.05) is 12.2 Å². The summed E-state index contributed by atoms with van der Waals surface area (Å²) in [6, 6.07) is 3.81. The van der Waals surface area contributed by atoms with E-state index in [1.165, 1.54) is 25.3 Å². The summed E-state index contributed by atoms with van der Waals surface area (Å²) >= 11 is 0. The summed E-state index contributed by atoms with van der Waals surface area (Å²) in [5.41, 5.74) is 0.933. The van der Waals surface area contributed by atoms with Gasteiger partial charge in [-0.05, 0) is 30.7 Å². The fourth-order valence-corrected chi connectivity index (χ4v) is 1.43. The number of halogens is 1. The summed E-state index contributed by atoms with van der Waals surface area (Å²) in [5.74, 6) is -1.14. The minimum absolute atomic E-state index is 0.165. The molecule has 0 bridgehead atoms. The summed E-state index contributed by atoms with van der Waals surface area (Å²) in [5, 5.41) is 5.09. The number of benzene rings is 1. The summed E-state index contributed by atoms with van der Waals surface area (Å²) in [4.78, 5) is 22.7. The number of aryl methyl sites for hydroxylation is 1. The molecule has 5 nitrogen and oxygen atoms in total. The Bertz CT molecular complexity index is 477. The predicted molar refractivity (Wildman–Crippen MR) is 69.3 cm³/mol. The monoisotopic (exact) mass is 268 g/mol. The number of hydrogen-bond acceptors (Lipinski definition) is 3. The topological polar surface area (TPSA) is 67.4 Å². The van der Waals surface area contributed by atoms with Crippen LogP contribution in [0.25, 0.3) is 0 Å². The molecule has 19 heavy (non-hydrogen) atoms. The third-order valence-electron chi connectivity index (χ3n) is 2.59. The molecule has 2 N–H and O–H groups in total. The van der Waals surface area contributed by atoms with Gasteiger partial charge < -0.3 is 15.4 Å². The quantitative estimate of drug-likeness (QED) is 0.821. The minimum atomic E-state index is -0.457. The van der Waals surface area contributed by atoms with Crippen LogP contribution in [0.4, 0.5) is 14.9 Å². The maximum atomic E-state index is 13.0. The van der Waals surface area contributed by atoms with E-state index in [0.717, 1.165) is 0 Å². The lowest BCUT2D eigenvalue weighted by Gasteiger charge is -2.11. The Labute approximate surface area is 111 Å². The molecule has 0 aliphatic heterocycles. The molecule has 0 spiro atoms. The Kier molecular flexibility index (Phi) is 5.29. The fourth-order valence-electron chi connectivity index (χ4n) is 1.43. The van der Waals surface area contributed by atoms with Crippen LogP contribution in [0.5, 0.6) is 0 Å². The first-order valence-corrected chi connectivity index (χ1v) is 5.83. The maximum Gasteiger partial charge on any atom is 0.319 e. The number of amides is 2. The molecule has 0 saturated heterocycles. The summed E-state index contributed by atoms with van der Waals surface area (Å²) < 4.78 is 17.6. The molecule has 0 radical (unpaired) electrons. The maximum absolute atomic E-state index is 13.0. The van der Waals surface area contributed by atoms with Crippen LogP contribution in [0.2, 0.25) is 0 Å². The summed E-state index contributed by atoms with van der Waals surface area (Å²) in [6.45, 7) is 3.42. The van der Waals surface area contributed by atoms with E-state index in [2.05, 4.69) is 15.4 Å². The molecule has 0 aliphatic carbocycles. The molecule has 1 rings (SSSR count). The van der Waals surface area contributed by atoms with E-state index < -0.39 is 17.9 Å². The number of ether oxygens (including phenoxy) is 1. The van der Waals surface area contributed by atoms with Gasteiger partial charge in [0.1, 0.15) is 5.82 Å². The molecule has 104 valence electrons. The van der Waals surface area contributed by atoms with Gasteiger partial charge in [0.15, 0.2) is 0 Å². The molecular weight excluding hydrogens is 251 g/mol. The first kappa shape index (κ1) is 14.9. The van der Waals surface area contributed by atoms with E-state index in [4.69, 9.17) is 0 Å². The average molecular weight is 268 g/mol. The normalized spacial score (nSPS) is 11.6. The predicted octanol–water partition coefficient (Wildman–Crippen LogP) is 2.06. The van der Waals surface area contributed by atoms with Crippen molar-refractivity contribution in [2.24, 2.45) is 5.92 Å². The third-order valence-corrected chi connectivity index (χ3v) is 2.59. The van der Waals surface area contributed by atoms with Crippen LogP contribution in [-0.4, -0.2) is 25.7 Å². The number of esters is 1. The highest BCUT2D eigenvalue weighted by atomic mass is 19.1. The molecule has 0 aromatic heterocycles.